The van der Waals surface area contributed by atoms with Gasteiger partial charge < -0.3 is 20.1 Å². The molecule has 2 atom stereocenters. The molecule has 0 rings (SSSR count). The first-order valence-electron chi connectivity index (χ1n) is 18.1. The van der Waals surface area contributed by atoms with E-state index < -0.39 is 26.5 Å². The summed E-state index contributed by atoms with van der Waals surface area (Å²) in [7, 11) is -4.42. The summed E-state index contributed by atoms with van der Waals surface area (Å²) in [6, 6.07) is 0. The van der Waals surface area contributed by atoms with Crippen molar-refractivity contribution in [1.29, 1.82) is 0 Å². The van der Waals surface area contributed by atoms with Gasteiger partial charge in [-0.05, 0) is 51.4 Å². The quantitative estimate of drug-likeness (QED) is 0.0270. The van der Waals surface area contributed by atoms with Crippen LogP contribution in [-0.2, 0) is 27.9 Å². The monoisotopic (exact) mass is 683 g/mol. The molecule has 10 heteroatoms. The molecule has 272 valence electrons. The van der Waals surface area contributed by atoms with Crippen LogP contribution in [0.3, 0.4) is 0 Å². The number of phosphoric acid groups is 1. The fourth-order valence-electron chi connectivity index (χ4n) is 4.49. The zero-order valence-corrected chi connectivity index (χ0v) is 30.4. The second-order valence-corrected chi connectivity index (χ2v) is 13.3. The molecule has 0 saturated heterocycles. The van der Waals surface area contributed by atoms with Gasteiger partial charge in [-0.25, -0.2) is 4.57 Å². The Morgan fingerprint density at radius 3 is 1.77 bits per heavy atom. The first-order valence-corrected chi connectivity index (χ1v) is 19.6. The van der Waals surface area contributed by atoms with E-state index in [4.69, 9.17) is 13.8 Å². The highest BCUT2D eigenvalue weighted by Gasteiger charge is 2.23. The van der Waals surface area contributed by atoms with Crippen molar-refractivity contribution in [2.45, 2.75) is 148 Å². The number of esters is 1. The lowest BCUT2D eigenvalue weighted by atomic mass is 10.1. The van der Waals surface area contributed by atoms with Gasteiger partial charge in [-0.1, -0.05) is 127 Å². The third-order valence-corrected chi connectivity index (χ3v) is 8.25. The predicted octanol–water partition coefficient (Wildman–Crippen LogP) is 9.21. The molecule has 0 fully saturated rings. The Labute approximate surface area is 285 Å². The van der Waals surface area contributed by atoms with E-state index in [0.717, 1.165) is 44.9 Å². The van der Waals surface area contributed by atoms with Crippen LogP contribution in [0.4, 0.5) is 0 Å². The zero-order valence-electron chi connectivity index (χ0n) is 29.5. The number of hydrogen-bond acceptors (Lipinski definition) is 7. The largest absolute Gasteiger partial charge is 0.472 e. The van der Waals surface area contributed by atoms with Crippen molar-refractivity contribution in [3.63, 3.8) is 0 Å². The lowest BCUT2D eigenvalue weighted by Gasteiger charge is -2.15. The molecule has 0 aromatic heterocycles. The number of aliphatic hydroxyl groups excluding tert-OH is 1. The summed E-state index contributed by atoms with van der Waals surface area (Å²) in [4.78, 5) is 33.6. The van der Waals surface area contributed by atoms with E-state index in [1.165, 1.54) is 64.2 Å². The van der Waals surface area contributed by atoms with Gasteiger partial charge in [0.1, 0.15) is 12.7 Å². The van der Waals surface area contributed by atoms with E-state index >= 15 is 0 Å². The molecule has 2 unspecified atom stereocenters. The van der Waals surface area contributed by atoms with E-state index in [2.05, 4.69) is 61.7 Å². The van der Waals surface area contributed by atoms with Crippen LogP contribution in [0, 0.1) is 0 Å². The molecule has 0 radical (unpaired) electrons. The maximum atomic E-state index is 12.0. The molecular formula is C37H66NO8P. The van der Waals surface area contributed by atoms with E-state index in [1.54, 1.807) is 0 Å². The molecule has 3 N–H and O–H groups in total. The first-order chi connectivity index (χ1) is 22.8. The van der Waals surface area contributed by atoms with Crippen molar-refractivity contribution in [2.24, 2.45) is 0 Å². The molecular weight excluding hydrogens is 617 g/mol. The number of allylic oxidation sites excluding steroid dienone is 8. The van der Waals surface area contributed by atoms with Gasteiger partial charge >= 0.3 is 13.8 Å². The van der Waals surface area contributed by atoms with Gasteiger partial charge in [0.05, 0.1) is 13.2 Å². The number of ether oxygens (including phenoxy) is 1. The van der Waals surface area contributed by atoms with Crippen LogP contribution in [0.15, 0.2) is 48.6 Å². The number of amides is 1. The molecule has 0 aromatic carbocycles. The van der Waals surface area contributed by atoms with Gasteiger partial charge in [0.15, 0.2) is 0 Å². The fourth-order valence-corrected chi connectivity index (χ4v) is 5.25. The molecule has 0 aliphatic heterocycles. The second-order valence-electron chi connectivity index (χ2n) is 11.8. The summed E-state index contributed by atoms with van der Waals surface area (Å²) in [6.45, 7) is 3.41. The Morgan fingerprint density at radius 1 is 0.660 bits per heavy atom. The summed E-state index contributed by atoms with van der Waals surface area (Å²) in [6.07, 6.45) is 36.2. The predicted molar refractivity (Wildman–Crippen MR) is 192 cm³/mol. The van der Waals surface area contributed by atoms with Crippen LogP contribution >= 0.6 is 7.82 Å². The van der Waals surface area contributed by atoms with Gasteiger partial charge in [-0.2, -0.15) is 0 Å². The summed E-state index contributed by atoms with van der Waals surface area (Å²) >= 11 is 0. The molecule has 0 aliphatic rings. The number of unbranched alkanes of at least 4 members (excludes halogenated alkanes) is 12. The summed E-state index contributed by atoms with van der Waals surface area (Å²) in [5, 5.41) is 12.6. The van der Waals surface area contributed by atoms with Gasteiger partial charge in [-0.15, -0.1) is 0 Å². The molecule has 47 heavy (non-hydrogen) atoms. The standard InChI is InChI=1S/C37H66NO8P/c1-3-5-7-9-11-13-14-15-16-17-18-19-20-22-24-26-28-30-37(41)44-33-35(39)34-46-47(42,43)45-32-31-38-36(40)29-27-25-23-21-12-10-8-6-4-2/h11,13,15-16,18-19,22,24,35,39H,3-10,12,14,17,20-21,23,25-34H2,1-2H3,(H,38,40)(H,42,43)/b13-11-,16-15-,19-18-,24-22-. The minimum absolute atomic E-state index is 0.0748. The number of carbonyl (C=O) groups excluding carboxylic acids is 2. The Bertz CT molecular complexity index is 918. The van der Waals surface area contributed by atoms with Gasteiger partial charge in [-0.3, -0.25) is 18.6 Å². The van der Waals surface area contributed by atoms with Crippen LogP contribution in [-0.4, -0.2) is 54.3 Å². The SMILES string of the molecule is CCCCC/C=C\C/C=C\C/C=C\C/C=C\CCCC(=O)OCC(O)COP(=O)(O)OCCNC(=O)CCCCCCCCCCC. The molecule has 9 nitrogen and oxygen atoms in total. The summed E-state index contributed by atoms with van der Waals surface area (Å²) < 4.78 is 26.6. The van der Waals surface area contributed by atoms with Gasteiger partial charge in [0.2, 0.25) is 5.91 Å². The Balaban J connectivity index is 3.75. The molecule has 0 heterocycles. The van der Waals surface area contributed by atoms with Crippen LogP contribution in [0.5, 0.6) is 0 Å². The topological polar surface area (TPSA) is 131 Å². The average Bonchev–Trinajstić information content (AvgIpc) is 3.05. The maximum absolute atomic E-state index is 12.0. The minimum Gasteiger partial charge on any atom is -0.463 e. The van der Waals surface area contributed by atoms with Crippen molar-refractivity contribution in [3.8, 4) is 0 Å². The lowest BCUT2D eigenvalue weighted by Crippen LogP contribution is -2.27. The molecule has 0 saturated carbocycles. The van der Waals surface area contributed by atoms with Crippen molar-refractivity contribution < 1.29 is 37.9 Å². The molecule has 0 bridgehead atoms. The van der Waals surface area contributed by atoms with Gasteiger partial charge in [0.25, 0.3) is 0 Å². The molecule has 0 aliphatic carbocycles. The number of hydrogen-bond donors (Lipinski definition) is 3. The molecule has 1 amide bonds. The number of rotatable bonds is 33. The minimum atomic E-state index is -4.42. The number of nitrogens with one attached hydrogen (secondary N) is 1. The summed E-state index contributed by atoms with van der Waals surface area (Å²) in [5.41, 5.74) is 0. The zero-order chi connectivity index (χ0) is 34.7. The Morgan fingerprint density at radius 2 is 1.17 bits per heavy atom. The number of aliphatic hydroxyl groups is 1. The first kappa shape index (κ1) is 45.0. The van der Waals surface area contributed by atoms with Crippen LogP contribution < -0.4 is 5.32 Å². The third-order valence-electron chi connectivity index (χ3n) is 7.26. The van der Waals surface area contributed by atoms with Crippen molar-refractivity contribution in [3.05, 3.63) is 48.6 Å². The van der Waals surface area contributed by atoms with Gasteiger partial charge in [0, 0.05) is 19.4 Å². The van der Waals surface area contributed by atoms with Crippen molar-refractivity contribution >= 4 is 19.7 Å². The van der Waals surface area contributed by atoms with E-state index in [0.29, 0.717) is 12.8 Å². The van der Waals surface area contributed by atoms with Crippen LogP contribution in [0.25, 0.3) is 0 Å². The highest BCUT2D eigenvalue weighted by molar-refractivity contribution is 7.47. The molecule has 0 aromatic rings. The van der Waals surface area contributed by atoms with Crippen LogP contribution in [0.1, 0.15) is 142 Å². The Kier molecular flexibility index (Phi) is 32.4. The van der Waals surface area contributed by atoms with Crippen molar-refractivity contribution in [1.82, 2.24) is 5.32 Å². The van der Waals surface area contributed by atoms with Crippen LogP contribution in [0.2, 0.25) is 0 Å². The fraction of sp³-hybridized carbons (Fsp3) is 0.730. The van der Waals surface area contributed by atoms with E-state index in [-0.39, 0.29) is 32.1 Å². The lowest BCUT2D eigenvalue weighted by molar-refractivity contribution is -0.147. The van der Waals surface area contributed by atoms with E-state index in [1.807, 2.05) is 6.08 Å². The number of carbonyl (C=O) groups is 2. The summed E-state index contributed by atoms with van der Waals surface area (Å²) in [5.74, 6) is -0.580. The molecule has 0 spiro atoms. The smallest absolute Gasteiger partial charge is 0.463 e. The average molecular weight is 684 g/mol. The number of phosphoric ester groups is 1. The Hall–Kier alpha value is -2.03. The highest BCUT2D eigenvalue weighted by Crippen LogP contribution is 2.42. The highest BCUT2D eigenvalue weighted by atomic mass is 31.2. The maximum Gasteiger partial charge on any atom is 0.472 e. The second kappa shape index (κ2) is 33.9. The van der Waals surface area contributed by atoms with E-state index in [9.17, 15) is 24.2 Å². The third kappa shape index (κ3) is 35.1. The normalized spacial score (nSPS) is 14.0. The van der Waals surface area contributed by atoms with Crippen molar-refractivity contribution in [2.75, 3.05) is 26.4 Å².